The van der Waals surface area contributed by atoms with Gasteiger partial charge >= 0.3 is 0 Å². The van der Waals surface area contributed by atoms with Crippen LogP contribution in [-0.4, -0.2) is 36.3 Å². The standard InChI is InChI=1S/C22H25FN2O2/c1-16-8-10-18(11-9-16)22(27)25-14-4-6-19(15-25)21(26)24-13-12-17-5-2-3-7-20(17)23/h2-3,5,7-11,19H,4,6,12-15H2,1H3,(H,24,26). The molecule has 0 radical (unpaired) electrons. The molecule has 142 valence electrons. The number of nitrogens with one attached hydrogen (secondary N) is 1. The number of carbonyl (C=O) groups is 2. The molecule has 0 bridgehead atoms. The van der Waals surface area contributed by atoms with E-state index in [1.54, 1.807) is 23.1 Å². The Morgan fingerprint density at radius 3 is 2.63 bits per heavy atom. The number of hydrogen-bond donors (Lipinski definition) is 1. The van der Waals surface area contributed by atoms with Gasteiger partial charge in [-0.2, -0.15) is 0 Å². The molecule has 0 saturated carbocycles. The zero-order chi connectivity index (χ0) is 19.2. The third-order valence-electron chi connectivity index (χ3n) is 5.03. The van der Waals surface area contributed by atoms with Gasteiger partial charge in [0.1, 0.15) is 5.82 Å². The van der Waals surface area contributed by atoms with E-state index in [1.165, 1.54) is 6.07 Å². The molecule has 1 fully saturated rings. The number of rotatable bonds is 5. The molecule has 2 aromatic rings. The van der Waals surface area contributed by atoms with Crippen molar-refractivity contribution in [2.75, 3.05) is 19.6 Å². The molecule has 3 rings (SSSR count). The highest BCUT2D eigenvalue weighted by atomic mass is 19.1. The van der Waals surface area contributed by atoms with Crippen LogP contribution in [0.1, 0.15) is 34.3 Å². The Balaban J connectivity index is 1.52. The second-order valence-corrected chi connectivity index (χ2v) is 7.09. The summed E-state index contributed by atoms with van der Waals surface area (Å²) in [5, 5.41) is 2.89. The van der Waals surface area contributed by atoms with Crippen LogP contribution >= 0.6 is 0 Å². The Morgan fingerprint density at radius 1 is 1.15 bits per heavy atom. The summed E-state index contributed by atoms with van der Waals surface area (Å²) in [6.07, 6.45) is 2.03. The Kier molecular flexibility index (Phi) is 6.22. The fourth-order valence-corrected chi connectivity index (χ4v) is 3.42. The van der Waals surface area contributed by atoms with E-state index in [9.17, 15) is 14.0 Å². The molecule has 1 unspecified atom stereocenters. The van der Waals surface area contributed by atoms with Gasteiger partial charge in [-0.1, -0.05) is 35.9 Å². The lowest BCUT2D eigenvalue weighted by molar-refractivity contribution is -0.126. The van der Waals surface area contributed by atoms with E-state index in [0.29, 0.717) is 37.2 Å². The summed E-state index contributed by atoms with van der Waals surface area (Å²) in [7, 11) is 0. The smallest absolute Gasteiger partial charge is 0.253 e. The van der Waals surface area contributed by atoms with E-state index in [0.717, 1.165) is 18.4 Å². The van der Waals surface area contributed by atoms with Crippen molar-refractivity contribution in [2.24, 2.45) is 5.92 Å². The summed E-state index contributed by atoms with van der Waals surface area (Å²) in [5.74, 6) is -0.556. The van der Waals surface area contributed by atoms with Gasteiger partial charge in [0.05, 0.1) is 5.92 Å². The Morgan fingerprint density at radius 2 is 1.89 bits per heavy atom. The van der Waals surface area contributed by atoms with E-state index in [-0.39, 0.29) is 23.5 Å². The SMILES string of the molecule is Cc1ccc(C(=O)N2CCCC(C(=O)NCCc3ccccc3F)C2)cc1. The van der Waals surface area contributed by atoms with Crippen molar-refractivity contribution in [2.45, 2.75) is 26.2 Å². The van der Waals surface area contributed by atoms with E-state index < -0.39 is 0 Å². The molecule has 1 atom stereocenters. The molecule has 1 saturated heterocycles. The van der Waals surface area contributed by atoms with E-state index >= 15 is 0 Å². The van der Waals surface area contributed by atoms with E-state index in [2.05, 4.69) is 5.32 Å². The third-order valence-corrected chi connectivity index (χ3v) is 5.03. The maximum absolute atomic E-state index is 13.6. The van der Waals surface area contributed by atoms with Crippen molar-refractivity contribution in [3.05, 3.63) is 71.0 Å². The van der Waals surface area contributed by atoms with E-state index in [1.807, 2.05) is 31.2 Å². The number of hydrogen-bond acceptors (Lipinski definition) is 2. The van der Waals surface area contributed by atoms with Crippen LogP contribution in [0.3, 0.4) is 0 Å². The second kappa shape index (κ2) is 8.80. The number of likely N-dealkylation sites (tertiary alicyclic amines) is 1. The molecule has 0 aromatic heterocycles. The van der Waals surface area contributed by atoms with Crippen LogP contribution in [0.2, 0.25) is 0 Å². The zero-order valence-corrected chi connectivity index (χ0v) is 15.6. The average Bonchev–Trinajstić information content (AvgIpc) is 2.69. The molecule has 0 aliphatic carbocycles. The monoisotopic (exact) mass is 368 g/mol. The number of nitrogens with zero attached hydrogens (tertiary/aromatic N) is 1. The molecule has 2 aromatic carbocycles. The van der Waals surface area contributed by atoms with Crippen LogP contribution in [-0.2, 0) is 11.2 Å². The lowest BCUT2D eigenvalue weighted by Gasteiger charge is -2.32. The summed E-state index contributed by atoms with van der Waals surface area (Å²) >= 11 is 0. The first-order valence-electron chi connectivity index (χ1n) is 9.41. The lowest BCUT2D eigenvalue weighted by atomic mass is 9.96. The number of benzene rings is 2. The highest BCUT2D eigenvalue weighted by Crippen LogP contribution is 2.19. The Hall–Kier alpha value is -2.69. The summed E-state index contributed by atoms with van der Waals surface area (Å²) in [6.45, 7) is 3.48. The molecule has 27 heavy (non-hydrogen) atoms. The van der Waals surface area contributed by atoms with Gasteiger partial charge in [0, 0.05) is 25.2 Å². The average molecular weight is 368 g/mol. The summed E-state index contributed by atoms with van der Waals surface area (Å²) in [4.78, 5) is 26.9. The molecule has 1 N–H and O–H groups in total. The summed E-state index contributed by atoms with van der Waals surface area (Å²) in [6, 6.07) is 14.1. The fourth-order valence-electron chi connectivity index (χ4n) is 3.42. The van der Waals surface area contributed by atoms with Crippen molar-refractivity contribution in [3.8, 4) is 0 Å². The van der Waals surface area contributed by atoms with Crippen molar-refractivity contribution < 1.29 is 14.0 Å². The predicted octanol–water partition coefficient (Wildman–Crippen LogP) is 3.35. The van der Waals surface area contributed by atoms with Crippen molar-refractivity contribution >= 4 is 11.8 Å². The van der Waals surface area contributed by atoms with Crippen LogP contribution in [0.4, 0.5) is 4.39 Å². The van der Waals surface area contributed by atoms with Gasteiger partial charge in [-0.25, -0.2) is 4.39 Å². The number of piperidine rings is 1. The quantitative estimate of drug-likeness (QED) is 0.880. The van der Waals surface area contributed by atoms with Gasteiger partial charge in [-0.3, -0.25) is 9.59 Å². The Labute approximate surface area is 159 Å². The number of aryl methyl sites for hydroxylation is 1. The highest BCUT2D eigenvalue weighted by molar-refractivity contribution is 5.94. The molecule has 1 heterocycles. The lowest BCUT2D eigenvalue weighted by Crippen LogP contribution is -2.45. The van der Waals surface area contributed by atoms with Crippen molar-refractivity contribution in [3.63, 3.8) is 0 Å². The number of amides is 2. The molecule has 1 aliphatic heterocycles. The van der Waals surface area contributed by atoms with Gasteiger partial charge in [-0.15, -0.1) is 0 Å². The maximum atomic E-state index is 13.6. The first-order chi connectivity index (χ1) is 13.0. The molecule has 5 heteroatoms. The molecule has 1 aliphatic rings. The molecule has 0 spiro atoms. The zero-order valence-electron chi connectivity index (χ0n) is 15.6. The normalized spacial score (nSPS) is 16.8. The fraction of sp³-hybridized carbons (Fsp3) is 0.364. The minimum atomic E-state index is -0.251. The molecular formula is C22H25FN2O2. The summed E-state index contributed by atoms with van der Waals surface area (Å²) < 4.78 is 13.6. The number of carbonyl (C=O) groups excluding carboxylic acids is 2. The molecular weight excluding hydrogens is 343 g/mol. The van der Waals surface area contributed by atoms with Crippen LogP contribution in [0.5, 0.6) is 0 Å². The first kappa shape index (κ1) is 19.1. The predicted molar refractivity (Wildman–Crippen MR) is 103 cm³/mol. The second-order valence-electron chi connectivity index (χ2n) is 7.09. The third kappa shape index (κ3) is 4.94. The molecule has 4 nitrogen and oxygen atoms in total. The van der Waals surface area contributed by atoms with Crippen LogP contribution < -0.4 is 5.32 Å². The molecule has 2 amide bonds. The largest absolute Gasteiger partial charge is 0.355 e. The number of halogens is 1. The Bertz CT molecular complexity index is 804. The van der Waals surface area contributed by atoms with Gasteiger partial charge in [0.15, 0.2) is 0 Å². The van der Waals surface area contributed by atoms with Crippen LogP contribution in [0.25, 0.3) is 0 Å². The van der Waals surface area contributed by atoms with Crippen molar-refractivity contribution in [1.82, 2.24) is 10.2 Å². The minimum Gasteiger partial charge on any atom is -0.355 e. The van der Waals surface area contributed by atoms with Gasteiger partial charge in [0.2, 0.25) is 5.91 Å². The summed E-state index contributed by atoms with van der Waals surface area (Å²) in [5.41, 5.74) is 2.36. The first-order valence-corrected chi connectivity index (χ1v) is 9.41. The topological polar surface area (TPSA) is 49.4 Å². The maximum Gasteiger partial charge on any atom is 0.253 e. The van der Waals surface area contributed by atoms with Gasteiger partial charge < -0.3 is 10.2 Å². The van der Waals surface area contributed by atoms with Crippen LogP contribution in [0.15, 0.2) is 48.5 Å². The van der Waals surface area contributed by atoms with Gasteiger partial charge in [0.25, 0.3) is 5.91 Å². The van der Waals surface area contributed by atoms with Crippen LogP contribution in [0, 0.1) is 18.7 Å². The minimum absolute atomic E-state index is 0.0288. The highest BCUT2D eigenvalue weighted by Gasteiger charge is 2.28. The van der Waals surface area contributed by atoms with E-state index in [4.69, 9.17) is 0 Å². The van der Waals surface area contributed by atoms with Crippen molar-refractivity contribution in [1.29, 1.82) is 0 Å². The van der Waals surface area contributed by atoms with Gasteiger partial charge in [-0.05, 0) is 49.9 Å².